The number of anilines is 2. The van der Waals surface area contributed by atoms with E-state index in [0.717, 1.165) is 11.4 Å². The Kier molecular flexibility index (Phi) is 9.72. The molecule has 0 aliphatic rings. The lowest BCUT2D eigenvalue weighted by Gasteiger charge is -2.10. The van der Waals surface area contributed by atoms with Gasteiger partial charge in [-0.1, -0.05) is 0 Å². The first-order valence-electron chi connectivity index (χ1n) is 7.25. The van der Waals surface area contributed by atoms with Crippen LogP contribution >= 0.6 is 0 Å². The van der Waals surface area contributed by atoms with Gasteiger partial charge in [-0.2, -0.15) is 0 Å². The van der Waals surface area contributed by atoms with Gasteiger partial charge >= 0.3 is 0 Å². The quantitative estimate of drug-likeness (QED) is 0.559. The van der Waals surface area contributed by atoms with Crippen molar-refractivity contribution in [3.63, 3.8) is 0 Å². The maximum atomic E-state index is 8.52. The number of nitrogens with zero attached hydrogens (tertiary/aromatic N) is 2. The molecule has 25 heavy (non-hydrogen) atoms. The molecule has 0 bridgehead atoms. The summed E-state index contributed by atoms with van der Waals surface area (Å²) >= 11 is 0. The molecule has 2 aromatic rings. The molecule has 140 valence electrons. The normalized spacial score (nSPS) is 9.92. The second kappa shape index (κ2) is 10.6. The topological polar surface area (TPSA) is 142 Å². The predicted molar refractivity (Wildman–Crippen MR) is 97.1 cm³/mol. The van der Waals surface area contributed by atoms with E-state index in [9.17, 15) is 0 Å². The van der Waals surface area contributed by atoms with Crippen LogP contribution in [0.2, 0.25) is 0 Å². The standard InChI is InChI=1S/2C8H12N2.H2O4S/c2*1-10(2)8-5-3-7(9)4-6-8;1-5(2,3)4/h2*3-6H,9H2,1-2H3;(H2,1,2,3,4). The third kappa shape index (κ3) is 12.9. The lowest BCUT2D eigenvalue weighted by Crippen LogP contribution is -2.39. The van der Waals surface area contributed by atoms with Crippen LogP contribution in [0.25, 0.3) is 0 Å². The summed E-state index contributed by atoms with van der Waals surface area (Å²) < 4.78 is 34.1. The zero-order chi connectivity index (χ0) is 19.6. The number of benzene rings is 2. The zero-order valence-electron chi connectivity index (χ0n) is 15.0. The third-order valence-corrected chi connectivity index (χ3v) is 2.91. The van der Waals surface area contributed by atoms with Crippen LogP contribution in [-0.2, 0) is 10.4 Å². The van der Waals surface area contributed by atoms with Crippen LogP contribution in [0.5, 0.6) is 0 Å². The minimum absolute atomic E-state index is 1.06. The van der Waals surface area contributed by atoms with E-state index in [1.165, 1.54) is 11.4 Å². The average molecular weight is 370 g/mol. The number of hydrogen-bond acceptors (Lipinski definition) is 6. The van der Waals surface area contributed by atoms with E-state index in [0.29, 0.717) is 0 Å². The molecular formula is C16H26N4O4S. The van der Waals surface area contributed by atoms with Crippen LogP contribution in [-0.4, -0.2) is 45.7 Å². The largest absolute Gasteiger partial charge is 0.759 e. The minimum atomic E-state index is -5.17. The first kappa shape index (κ1) is 22.8. The fraction of sp³-hybridized carbons (Fsp3) is 0.250. The van der Waals surface area contributed by atoms with Gasteiger partial charge in [-0.25, -0.2) is 0 Å². The molecule has 0 saturated heterocycles. The average Bonchev–Trinajstić information content (AvgIpc) is 2.47. The molecule has 0 fully saturated rings. The maximum absolute atomic E-state index is 8.52. The summed E-state index contributed by atoms with van der Waals surface area (Å²) in [5.74, 6) is 0. The van der Waals surface area contributed by atoms with Crippen LogP contribution < -0.4 is 21.3 Å². The van der Waals surface area contributed by atoms with E-state index in [4.69, 9.17) is 17.5 Å². The smallest absolute Gasteiger partial charge is 0.128 e. The van der Waals surface area contributed by atoms with Crippen molar-refractivity contribution in [2.24, 2.45) is 0 Å². The van der Waals surface area contributed by atoms with E-state index in [1.807, 2.05) is 52.5 Å². The lowest BCUT2D eigenvalue weighted by atomic mass is 10.3. The van der Waals surface area contributed by atoms with Crippen molar-refractivity contribution in [3.05, 3.63) is 48.5 Å². The van der Waals surface area contributed by atoms with Crippen molar-refractivity contribution in [3.8, 4) is 0 Å². The monoisotopic (exact) mass is 370 g/mol. The molecule has 0 aromatic heterocycles. The summed E-state index contributed by atoms with van der Waals surface area (Å²) in [5.41, 5.74) is 12.2. The maximum Gasteiger partial charge on any atom is 0.128 e. The molecule has 0 heterocycles. The molecule has 2 rings (SSSR count). The Morgan fingerprint density at radius 3 is 1.04 bits per heavy atom. The summed E-state index contributed by atoms with van der Waals surface area (Å²) in [7, 11) is 2.94. The highest BCUT2D eigenvalue weighted by Crippen LogP contribution is 2.12. The molecule has 8 nitrogen and oxygen atoms in total. The number of hydrogen-bond donors (Lipinski definition) is 2. The molecule has 0 saturated carbocycles. The van der Waals surface area contributed by atoms with Crippen molar-refractivity contribution >= 4 is 33.1 Å². The second-order valence-corrected chi connectivity index (χ2v) is 6.35. The summed E-state index contributed by atoms with van der Waals surface area (Å²) in [6.45, 7) is 0. The molecular weight excluding hydrogens is 344 g/mol. The molecule has 0 aliphatic carbocycles. The van der Waals surface area contributed by atoms with Crippen molar-refractivity contribution in [1.29, 1.82) is 0 Å². The molecule has 0 unspecified atom stereocenters. The SMILES string of the molecule is CN(C)c1ccc([NH3+])cc1.CN(C)c1ccc([NH3+])cc1.O=S(=O)([O-])[O-]. The highest BCUT2D eigenvalue weighted by atomic mass is 32.3. The third-order valence-electron chi connectivity index (χ3n) is 2.91. The first-order chi connectivity index (χ1) is 11.4. The van der Waals surface area contributed by atoms with E-state index in [2.05, 4.69) is 45.5 Å². The summed E-state index contributed by atoms with van der Waals surface area (Å²) in [4.78, 5) is 4.14. The Bertz CT molecular complexity index is 657. The number of quaternary nitrogens is 2. The van der Waals surface area contributed by atoms with E-state index in [-0.39, 0.29) is 0 Å². The molecule has 0 amide bonds. The van der Waals surface area contributed by atoms with Gasteiger partial charge in [0.15, 0.2) is 0 Å². The van der Waals surface area contributed by atoms with Crippen LogP contribution in [0.15, 0.2) is 48.5 Å². The Labute approximate surface area is 149 Å². The summed E-state index contributed by atoms with van der Waals surface area (Å²) in [6.07, 6.45) is 0. The van der Waals surface area contributed by atoms with Crippen molar-refractivity contribution < 1.29 is 29.0 Å². The predicted octanol–water partition coefficient (Wildman–Crippen LogP) is -0.0860. The van der Waals surface area contributed by atoms with Gasteiger partial charge in [0, 0.05) is 74.2 Å². The van der Waals surface area contributed by atoms with Crippen molar-refractivity contribution in [2.75, 3.05) is 38.0 Å². The fourth-order valence-electron chi connectivity index (χ4n) is 1.59. The van der Waals surface area contributed by atoms with Gasteiger partial charge in [-0.15, -0.1) is 0 Å². The second-order valence-electron chi connectivity index (χ2n) is 5.53. The van der Waals surface area contributed by atoms with E-state index < -0.39 is 10.4 Å². The zero-order valence-corrected chi connectivity index (χ0v) is 15.8. The Hall–Kier alpha value is -2.17. The van der Waals surface area contributed by atoms with Gasteiger partial charge in [0.05, 0.1) is 0 Å². The highest BCUT2D eigenvalue weighted by Gasteiger charge is 1.93. The highest BCUT2D eigenvalue weighted by molar-refractivity contribution is 7.79. The lowest BCUT2D eigenvalue weighted by molar-refractivity contribution is -0.255. The van der Waals surface area contributed by atoms with Crippen molar-refractivity contribution in [2.45, 2.75) is 0 Å². The van der Waals surface area contributed by atoms with Gasteiger partial charge in [-0.05, 0) is 24.3 Å². The van der Waals surface area contributed by atoms with Crippen molar-refractivity contribution in [1.82, 2.24) is 0 Å². The van der Waals surface area contributed by atoms with Gasteiger partial charge < -0.3 is 30.4 Å². The van der Waals surface area contributed by atoms with Gasteiger partial charge in [0.25, 0.3) is 0 Å². The van der Waals surface area contributed by atoms with Crippen LogP contribution in [0.3, 0.4) is 0 Å². The molecule has 0 atom stereocenters. The molecule has 0 aliphatic heterocycles. The van der Waals surface area contributed by atoms with Gasteiger partial charge in [0.2, 0.25) is 0 Å². The Morgan fingerprint density at radius 2 is 0.880 bits per heavy atom. The van der Waals surface area contributed by atoms with Crippen LogP contribution in [0.4, 0.5) is 22.7 Å². The summed E-state index contributed by atoms with van der Waals surface area (Å²) in [6, 6.07) is 16.3. The van der Waals surface area contributed by atoms with Crippen LogP contribution in [0, 0.1) is 0 Å². The molecule has 0 radical (unpaired) electrons. The minimum Gasteiger partial charge on any atom is -0.759 e. The molecule has 6 N–H and O–H groups in total. The van der Waals surface area contributed by atoms with Gasteiger partial charge in [0.1, 0.15) is 11.4 Å². The van der Waals surface area contributed by atoms with E-state index in [1.54, 1.807) is 0 Å². The Morgan fingerprint density at radius 1 is 0.680 bits per heavy atom. The first-order valence-corrected chi connectivity index (χ1v) is 8.59. The van der Waals surface area contributed by atoms with Gasteiger partial charge in [-0.3, -0.25) is 8.42 Å². The van der Waals surface area contributed by atoms with E-state index >= 15 is 0 Å². The molecule has 2 aromatic carbocycles. The van der Waals surface area contributed by atoms with Crippen LogP contribution in [0.1, 0.15) is 0 Å². The summed E-state index contributed by atoms with van der Waals surface area (Å²) in [5, 5.41) is 0. The fourth-order valence-corrected chi connectivity index (χ4v) is 1.59. The number of rotatable bonds is 2. The molecule has 9 heteroatoms. The Balaban J connectivity index is 0.000000368. The molecule has 0 spiro atoms.